The van der Waals surface area contributed by atoms with Crippen molar-refractivity contribution >= 4 is 12.1 Å². The van der Waals surface area contributed by atoms with E-state index in [1.54, 1.807) is 4.90 Å². The molecule has 0 radical (unpaired) electrons. The van der Waals surface area contributed by atoms with E-state index in [1.807, 2.05) is 51.1 Å². The summed E-state index contributed by atoms with van der Waals surface area (Å²) in [6.07, 6.45) is 0.837. The van der Waals surface area contributed by atoms with E-state index in [4.69, 9.17) is 9.47 Å². The van der Waals surface area contributed by atoms with Crippen LogP contribution in [0.15, 0.2) is 30.3 Å². The fraction of sp³-hybridized carbons (Fsp3) is 0.556. The predicted octanol–water partition coefficient (Wildman–Crippen LogP) is 3.38. The number of hydrogen-bond donors (Lipinski definition) is 0. The van der Waals surface area contributed by atoms with Gasteiger partial charge in [-0.1, -0.05) is 30.3 Å². The molecule has 0 aliphatic carbocycles. The topological polar surface area (TPSA) is 55.8 Å². The molecule has 1 aromatic carbocycles. The molecule has 5 heteroatoms. The number of amides is 1. The SMILES string of the molecule is CC(C)(C)OC(=O)N1CCC(CC(=O)OCc2ccccc2)C1. The quantitative estimate of drug-likeness (QED) is 0.798. The molecule has 23 heavy (non-hydrogen) atoms. The molecular formula is C18H25NO4. The molecule has 0 N–H and O–H groups in total. The van der Waals surface area contributed by atoms with Crippen LogP contribution in [0.25, 0.3) is 0 Å². The zero-order chi connectivity index (χ0) is 16.9. The molecule has 0 saturated carbocycles. The lowest BCUT2D eigenvalue weighted by atomic mass is 10.1. The van der Waals surface area contributed by atoms with Crippen LogP contribution in [0, 0.1) is 5.92 Å². The number of carbonyl (C=O) groups is 2. The van der Waals surface area contributed by atoms with Crippen LogP contribution in [0.4, 0.5) is 4.79 Å². The molecule has 1 atom stereocenters. The first-order chi connectivity index (χ1) is 10.8. The van der Waals surface area contributed by atoms with Crippen LogP contribution in [0.1, 0.15) is 39.2 Å². The number of carbonyl (C=O) groups excluding carboxylic acids is 2. The van der Waals surface area contributed by atoms with Crippen LogP contribution in [-0.4, -0.2) is 35.7 Å². The molecule has 1 heterocycles. The van der Waals surface area contributed by atoms with Gasteiger partial charge in [0.25, 0.3) is 0 Å². The van der Waals surface area contributed by atoms with Crippen LogP contribution in [0.2, 0.25) is 0 Å². The third-order valence-corrected chi connectivity index (χ3v) is 3.64. The first-order valence-corrected chi connectivity index (χ1v) is 8.01. The van der Waals surface area contributed by atoms with Crippen LogP contribution in [-0.2, 0) is 20.9 Å². The highest BCUT2D eigenvalue weighted by atomic mass is 16.6. The second-order valence-electron chi connectivity index (χ2n) is 6.93. The fourth-order valence-electron chi connectivity index (χ4n) is 2.52. The average Bonchev–Trinajstić information content (AvgIpc) is 2.93. The van der Waals surface area contributed by atoms with E-state index < -0.39 is 5.60 Å². The van der Waals surface area contributed by atoms with E-state index in [1.165, 1.54) is 0 Å². The van der Waals surface area contributed by atoms with Crippen molar-refractivity contribution in [2.75, 3.05) is 13.1 Å². The molecule has 1 amide bonds. The Labute approximate surface area is 137 Å². The first kappa shape index (κ1) is 17.3. The largest absolute Gasteiger partial charge is 0.461 e. The van der Waals surface area contributed by atoms with E-state index >= 15 is 0 Å². The Hall–Kier alpha value is -2.04. The standard InChI is InChI=1S/C18H25NO4/c1-18(2,3)23-17(21)19-10-9-15(12-19)11-16(20)22-13-14-7-5-4-6-8-14/h4-8,15H,9-13H2,1-3H3. The summed E-state index contributed by atoms with van der Waals surface area (Å²) in [5.41, 5.74) is 0.478. The third-order valence-electron chi connectivity index (χ3n) is 3.64. The van der Waals surface area contributed by atoms with E-state index in [-0.39, 0.29) is 18.0 Å². The minimum absolute atomic E-state index is 0.144. The number of hydrogen-bond acceptors (Lipinski definition) is 4. The minimum atomic E-state index is -0.496. The second kappa shape index (κ2) is 7.49. The van der Waals surface area contributed by atoms with Gasteiger partial charge in [0, 0.05) is 13.1 Å². The maximum atomic E-state index is 12.0. The Bertz CT molecular complexity index is 536. The predicted molar refractivity (Wildman–Crippen MR) is 86.8 cm³/mol. The van der Waals surface area contributed by atoms with Gasteiger partial charge in [-0.25, -0.2) is 4.79 Å². The lowest BCUT2D eigenvalue weighted by Crippen LogP contribution is -2.35. The van der Waals surface area contributed by atoms with Crippen molar-refractivity contribution in [3.05, 3.63) is 35.9 Å². The smallest absolute Gasteiger partial charge is 0.410 e. The highest BCUT2D eigenvalue weighted by Crippen LogP contribution is 2.22. The van der Waals surface area contributed by atoms with Crippen molar-refractivity contribution in [1.82, 2.24) is 4.90 Å². The molecule has 126 valence electrons. The maximum Gasteiger partial charge on any atom is 0.410 e. The van der Waals surface area contributed by atoms with Crippen LogP contribution in [0.3, 0.4) is 0 Å². The van der Waals surface area contributed by atoms with Crippen LogP contribution < -0.4 is 0 Å². The van der Waals surface area contributed by atoms with Gasteiger partial charge in [0.15, 0.2) is 0 Å². The van der Waals surface area contributed by atoms with Crippen molar-refractivity contribution in [3.63, 3.8) is 0 Å². The number of rotatable bonds is 4. The lowest BCUT2D eigenvalue weighted by Gasteiger charge is -2.24. The van der Waals surface area contributed by atoms with E-state index in [2.05, 4.69) is 0 Å². The van der Waals surface area contributed by atoms with Crippen molar-refractivity contribution in [3.8, 4) is 0 Å². The van der Waals surface area contributed by atoms with Crippen LogP contribution in [0.5, 0.6) is 0 Å². The van der Waals surface area contributed by atoms with Crippen molar-refractivity contribution in [2.45, 2.75) is 45.8 Å². The van der Waals surface area contributed by atoms with Gasteiger partial charge >= 0.3 is 12.1 Å². The lowest BCUT2D eigenvalue weighted by molar-refractivity contribution is -0.146. The fourth-order valence-corrected chi connectivity index (χ4v) is 2.52. The molecule has 1 fully saturated rings. The number of ether oxygens (including phenoxy) is 2. The summed E-state index contributed by atoms with van der Waals surface area (Å²) >= 11 is 0. The Morgan fingerprint density at radius 2 is 1.91 bits per heavy atom. The molecule has 0 spiro atoms. The summed E-state index contributed by atoms with van der Waals surface area (Å²) in [6, 6.07) is 9.60. The van der Waals surface area contributed by atoms with E-state index in [9.17, 15) is 9.59 Å². The van der Waals surface area contributed by atoms with Crippen molar-refractivity contribution < 1.29 is 19.1 Å². The van der Waals surface area contributed by atoms with Gasteiger partial charge in [-0.05, 0) is 38.7 Å². The molecule has 2 rings (SSSR count). The van der Waals surface area contributed by atoms with Crippen molar-refractivity contribution in [1.29, 1.82) is 0 Å². The summed E-state index contributed by atoms with van der Waals surface area (Å²) < 4.78 is 10.6. The number of esters is 1. The molecule has 5 nitrogen and oxygen atoms in total. The summed E-state index contributed by atoms with van der Waals surface area (Å²) in [6.45, 7) is 7.02. The highest BCUT2D eigenvalue weighted by molar-refractivity contribution is 5.71. The van der Waals surface area contributed by atoms with Gasteiger partial charge in [-0.15, -0.1) is 0 Å². The van der Waals surface area contributed by atoms with Crippen molar-refractivity contribution in [2.24, 2.45) is 5.92 Å². The summed E-state index contributed by atoms with van der Waals surface area (Å²) in [4.78, 5) is 25.6. The van der Waals surface area contributed by atoms with Gasteiger partial charge in [0.2, 0.25) is 0 Å². The molecule has 1 aliphatic heterocycles. The normalized spacial score (nSPS) is 17.9. The monoisotopic (exact) mass is 319 g/mol. The molecule has 0 aromatic heterocycles. The molecule has 1 unspecified atom stereocenters. The third kappa shape index (κ3) is 5.93. The Balaban J connectivity index is 1.72. The summed E-state index contributed by atoms with van der Waals surface area (Å²) in [7, 11) is 0. The van der Waals surface area contributed by atoms with Crippen LogP contribution >= 0.6 is 0 Å². The molecule has 0 bridgehead atoms. The van der Waals surface area contributed by atoms with Gasteiger partial charge < -0.3 is 14.4 Å². The second-order valence-corrected chi connectivity index (χ2v) is 6.93. The number of benzene rings is 1. The molecular weight excluding hydrogens is 294 g/mol. The van der Waals surface area contributed by atoms with Gasteiger partial charge in [0.05, 0.1) is 6.42 Å². The zero-order valence-corrected chi connectivity index (χ0v) is 14.1. The molecule has 1 saturated heterocycles. The van der Waals surface area contributed by atoms with Gasteiger partial charge in [-0.3, -0.25) is 4.79 Å². The van der Waals surface area contributed by atoms with Gasteiger partial charge in [0.1, 0.15) is 12.2 Å². The average molecular weight is 319 g/mol. The number of nitrogens with zero attached hydrogens (tertiary/aromatic N) is 1. The summed E-state index contributed by atoms with van der Waals surface area (Å²) in [5.74, 6) is -0.0734. The number of likely N-dealkylation sites (tertiary alicyclic amines) is 1. The van der Waals surface area contributed by atoms with Gasteiger partial charge in [-0.2, -0.15) is 0 Å². The Morgan fingerprint density at radius 1 is 1.22 bits per heavy atom. The van der Waals surface area contributed by atoms with E-state index in [0.717, 1.165) is 12.0 Å². The Morgan fingerprint density at radius 3 is 2.57 bits per heavy atom. The molecule has 1 aliphatic rings. The molecule has 1 aromatic rings. The zero-order valence-electron chi connectivity index (χ0n) is 14.1. The maximum absolute atomic E-state index is 12.0. The minimum Gasteiger partial charge on any atom is -0.461 e. The van der Waals surface area contributed by atoms with E-state index in [0.29, 0.717) is 26.1 Å². The highest BCUT2D eigenvalue weighted by Gasteiger charge is 2.31. The first-order valence-electron chi connectivity index (χ1n) is 8.01. The Kier molecular flexibility index (Phi) is 5.64. The summed E-state index contributed by atoms with van der Waals surface area (Å²) in [5, 5.41) is 0.